The number of phenols is 1. The number of nitriles is 1. The first kappa shape index (κ1) is 21.1. The van der Waals surface area contributed by atoms with Gasteiger partial charge in [0.1, 0.15) is 29.7 Å². The molecule has 1 aliphatic heterocycles. The summed E-state index contributed by atoms with van der Waals surface area (Å²) in [6.07, 6.45) is 0. The number of aryl methyl sites for hydroxylation is 1. The number of hydrogen-bond acceptors (Lipinski definition) is 6. The van der Waals surface area contributed by atoms with Gasteiger partial charge in [0.05, 0.1) is 12.5 Å². The second kappa shape index (κ2) is 8.94. The van der Waals surface area contributed by atoms with Crippen molar-refractivity contribution < 1.29 is 19.3 Å². The first-order chi connectivity index (χ1) is 15.5. The Hall–Kier alpha value is -4.11. The van der Waals surface area contributed by atoms with Crippen LogP contribution in [0.2, 0.25) is 0 Å². The van der Waals surface area contributed by atoms with E-state index in [1.54, 1.807) is 12.1 Å². The molecule has 0 unspecified atom stereocenters. The van der Waals surface area contributed by atoms with E-state index in [-0.39, 0.29) is 11.6 Å². The number of allylic oxidation sites excluding steroid dienone is 1. The zero-order valence-electron chi connectivity index (χ0n) is 18.0. The summed E-state index contributed by atoms with van der Waals surface area (Å²) in [6.45, 7) is 4.83. The fourth-order valence-corrected chi connectivity index (χ4v) is 3.72. The number of nitrogens with zero attached hydrogens (tertiary/aromatic N) is 1. The van der Waals surface area contributed by atoms with Crippen molar-refractivity contribution in [2.45, 2.75) is 26.4 Å². The third-order valence-corrected chi connectivity index (χ3v) is 5.32. The van der Waals surface area contributed by atoms with Crippen molar-refractivity contribution in [1.29, 1.82) is 5.26 Å². The van der Waals surface area contributed by atoms with E-state index in [1.807, 2.05) is 56.3 Å². The van der Waals surface area contributed by atoms with Crippen LogP contribution < -0.4 is 19.9 Å². The van der Waals surface area contributed by atoms with Gasteiger partial charge >= 0.3 is 0 Å². The lowest BCUT2D eigenvalue weighted by Gasteiger charge is -2.27. The van der Waals surface area contributed by atoms with Gasteiger partial charge in [-0.3, -0.25) is 0 Å². The number of rotatable bonds is 6. The van der Waals surface area contributed by atoms with Gasteiger partial charge < -0.3 is 25.1 Å². The predicted molar refractivity (Wildman–Crippen MR) is 121 cm³/mol. The van der Waals surface area contributed by atoms with E-state index < -0.39 is 5.92 Å². The molecule has 3 aromatic rings. The normalized spacial score (nSPS) is 14.8. The molecule has 0 amide bonds. The Balaban J connectivity index is 1.70. The van der Waals surface area contributed by atoms with Gasteiger partial charge in [-0.2, -0.15) is 5.26 Å². The zero-order valence-corrected chi connectivity index (χ0v) is 18.0. The summed E-state index contributed by atoms with van der Waals surface area (Å²) in [7, 11) is 0. The molecule has 3 N–H and O–H groups in total. The first-order valence-electron chi connectivity index (χ1n) is 10.4. The standard InChI is InChI=1S/C26H24N2O4/c1-3-30-24-12-18(8-11-22(24)31-15-17-6-4-16(2)5-7-17)25-20-10-9-19(29)13-23(20)32-26(28)21(25)14-27/h4-13,25,29H,3,15,28H2,1-2H3/t25-/m1/s1. The maximum atomic E-state index is 9.83. The summed E-state index contributed by atoms with van der Waals surface area (Å²) >= 11 is 0. The number of nitrogens with two attached hydrogens (primary N) is 1. The van der Waals surface area contributed by atoms with Crippen LogP contribution in [-0.4, -0.2) is 11.7 Å². The highest BCUT2D eigenvalue weighted by Gasteiger charge is 2.31. The number of fused-ring (bicyclic) bond motifs is 1. The Labute approximate surface area is 187 Å². The van der Waals surface area contributed by atoms with Gasteiger partial charge in [-0.25, -0.2) is 0 Å². The lowest BCUT2D eigenvalue weighted by atomic mass is 9.83. The molecule has 0 aromatic heterocycles. The average molecular weight is 428 g/mol. The Bertz CT molecular complexity index is 1210. The molecule has 1 heterocycles. The Morgan fingerprint density at radius 1 is 1.03 bits per heavy atom. The van der Waals surface area contributed by atoms with Crippen molar-refractivity contribution in [2.75, 3.05) is 6.61 Å². The topological polar surface area (TPSA) is 97.7 Å². The van der Waals surface area contributed by atoms with Gasteiger partial charge in [0.25, 0.3) is 0 Å². The molecule has 6 nitrogen and oxygen atoms in total. The van der Waals surface area contributed by atoms with E-state index in [4.69, 9.17) is 19.9 Å². The van der Waals surface area contributed by atoms with Gasteiger partial charge in [-0.15, -0.1) is 0 Å². The highest BCUT2D eigenvalue weighted by atomic mass is 16.5. The average Bonchev–Trinajstić information content (AvgIpc) is 2.78. The number of phenolic OH excluding ortho intramolecular Hbond substituents is 1. The molecule has 1 aliphatic rings. The predicted octanol–water partition coefficient (Wildman–Crippen LogP) is 4.90. The van der Waals surface area contributed by atoms with Crippen LogP contribution in [0.15, 0.2) is 72.1 Å². The highest BCUT2D eigenvalue weighted by molar-refractivity contribution is 5.58. The van der Waals surface area contributed by atoms with E-state index in [1.165, 1.54) is 11.6 Å². The molecule has 162 valence electrons. The van der Waals surface area contributed by atoms with Crippen LogP contribution in [0.5, 0.6) is 23.0 Å². The summed E-state index contributed by atoms with van der Waals surface area (Å²) in [6, 6.07) is 20.7. The van der Waals surface area contributed by atoms with Crippen LogP contribution in [0.1, 0.15) is 35.1 Å². The summed E-state index contributed by atoms with van der Waals surface area (Å²) in [5.41, 5.74) is 10.1. The quantitative estimate of drug-likeness (QED) is 0.580. The second-order valence-electron chi connectivity index (χ2n) is 7.56. The third kappa shape index (κ3) is 4.19. The Kier molecular flexibility index (Phi) is 5.91. The van der Waals surface area contributed by atoms with Gasteiger partial charge in [0.2, 0.25) is 5.88 Å². The molecular weight excluding hydrogens is 404 g/mol. The van der Waals surface area contributed by atoms with Crippen molar-refractivity contribution in [3.05, 3.63) is 94.4 Å². The van der Waals surface area contributed by atoms with Crippen molar-refractivity contribution in [3.63, 3.8) is 0 Å². The van der Waals surface area contributed by atoms with Crippen molar-refractivity contribution in [2.24, 2.45) is 5.73 Å². The molecule has 0 aliphatic carbocycles. The first-order valence-corrected chi connectivity index (χ1v) is 10.4. The fraction of sp³-hybridized carbons (Fsp3) is 0.192. The summed E-state index contributed by atoms with van der Waals surface area (Å²) < 4.78 is 17.5. The molecule has 4 rings (SSSR count). The van der Waals surface area contributed by atoms with E-state index in [0.29, 0.717) is 36.0 Å². The molecule has 0 saturated carbocycles. The van der Waals surface area contributed by atoms with E-state index >= 15 is 0 Å². The van der Waals surface area contributed by atoms with E-state index in [9.17, 15) is 10.4 Å². The molecular formula is C26H24N2O4. The van der Waals surface area contributed by atoms with Crippen molar-refractivity contribution >= 4 is 0 Å². The van der Waals surface area contributed by atoms with Crippen LogP contribution in [0.4, 0.5) is 0 Å². The minimum Gasteiger partial charge on any atom is -0.508 e. The van der Waals surface area contributed by atoms with Gasteiger partial charge in [-0.1, -0.05) is 42.0 Å². The molecule has 0 saturated heterocycles. The SMILES string of the molecule is CCOc1cc([C@H]2C(C#N)=C(N)Oc3cc(O)ccc32)ccc1OCc1ccc(C)cc1. The molecule has 6 heteroatoms. The Morgan fingerprint density at radius 3 is 2.53 bits per heavy atom. The number of aromatic hydroxyl groups is 1. The minimum absolute atomic E-state index is 0.0215. The third-order valence-electron chi connectivity index (χ3n) is 5.32. The number of ether oxygens (including phenoxy) is 3. The summed E-state index contributed by atoms with van der Waals surface area (Å²) in [5.74, 6) is 1.25. The zero-order chi connectivity index (χ0) is 22.7. The number of benzene rings is 3. The smallest absolute Gasteiger partial charge is 0.205 e. The maximum Gasteiger partial charge on any atom is 0.205 e. The van der Waals surface area contributed by atoms with Crippen molar-refractivity contribution in [1.82, 2.24) is 0 Å². The molecule has 0 bridgehead atoms. The Morgan fingerprint density at radius 2 is 1.81 bits per heavy atom. The molecule has 1 atom stereocenters. The van der Waals surface area contributed by atoms with Crippen LogP contribution in [0, 0.1) is 18.3 Å². The molecule has 0 fully saturated rings. The summed E-state index contributed by atoms with van der Waals surface area (Å²) in [5, 5.41) is 19.6. The maximum absolute atomic E-state index is 9.83. The largest absolute Gasteiger partial charge is 0.508 e. The highest BCUT2D eigenvalue weighted by Crippen LogP contribution is 2.45. The molecule has 3 aromatic carbocycles. The van der Waals surface area contributed by atoms with Gasteiger partial charge in [-0.05, 0) is 43.2 Å². The van der Waals surface area contributed by atoms with Crippen LogP contribution in [0.3, 0.4) is 0 Å². The molecule has 0 radical (unpaired) electrons. The lowest BCUT2D eigenvalue weighted by Crippen LogP contribution is -2.21. The monoisotopic (exact) mass is 428 g/mol. The minimum atomic E-state index is -0.449. The second-order valence-corrected chi connectivity index (χ2v) is 7.56. The van der Waals surface area contributed by atoms with Crippen LogP contribution in [0.25, 0.3) is 0 Å². The van der Waals surface area contributed by atoms with Crippen LogP contribution >= 0.6 is 0 Å². The van der Waals surface area contributed by atoms with E-state index in [0.717, 1.165) is 16.7 Å². The fourth-order valence-electron chi connectivity index (χ4n) is 3.72. The van der Waals surface area contributed by atoms with Crippen LogP contribution in [-0.2, 0) is 6.61 Å². The lowest BCUT2D eigenvalue weighted by molar-refractivity contribution is 0.269. The van der Waals surface area contributed by atoms with Crippen molar-refractivity contribution in [3.8, 4) is 29.1 Å². The summed E-state index contributed by atoms with van der Waals surface area (Å²) in [4.78, 5) is 0. The van der Waals surface area contributed by atoms with E-state index in [2.05, 4.69) is 6.07 Å². The molecule has 32 heavy (non-hydrogen) atoms. The number of hydrogen-bond donors (Lipinski definition) is 2. The van der Waals surface area contributed by atoms with Gasteiger partial charge in [0, 0.05) is 11.6 Å². The molecule has 0 spiro atoms. The van der Waals surface area contributed by atoms with Gasteiger partial charge in [0.15, 0.2) is 11.5 Å².